The van der Waals surface area contributed by atoms with Crippen molar-refractivity contribution >= 4 is 11.6 Å². The Kier molecular flexibility index (Phi) is 3.17. The van der Waals surface area contributed by atoms with Crippen LogP contribution in [0.25, 0.3) is 0 Å². The molecule has 0 spiro atoms. The molecule has 0 aliphatic heterocycles. The number of nitrogens with two attached hydrogens (primary N) is 1. The van der Waals surface area contributed by atoms with Crippen molar-refractivity contribution in [2.24, 2.45) is 5.73 Å². The molecule has 1 nitrogen and oxygen atoms in total. The molecule has 0 unspecified atom stereocenters. The zero-order chi connectivity index (χ0) is 10.9. The van der Waals surface area contributed by atoms with Gasteiger partial charge in [0.15, 0.2) is 0 Å². The number of rotatable bonds is 2. The van der Waals surface area contributed by atoms with Crippen LogP contribution in [0.5, 0.6) is 0 Å². The van der Waals surface area contributed by atoms with Crippen LogP contribution in [-0.2, 0) is 6.42 Å². The molecule has 0 aliphatic carbocycles. The Morgan fingerprint density at radius 1 is 1.43 bits per heavy atom. The van der Waals surface area contributed by atoms with Crippen molar-refractivity contribution in [3.8, 4) is 0 Å². The van der Waals surface area contributed by atoms with Crippen molar-refractivity contribution < 1.29 is 4.39 Å². The van der Waals surface area contributed by atoms with Crippen LogP contribution in [0, 0.1) is 12.7 Å². The summed E-state index contributed by atoms with van der Waals surface area (Å²) in [7, 11) is 0. The summed E-state index contributed by atoms with van der Waals surface area (Å²) in [5.74, 6) is -0.342. The average molecular weight is 216 g/mol. The molecule has 0 radical (unpaired) electrons. The van der Waals surface area contributed by atoms with Gasteiger partial charge in [-0.05, 0) is 44.4 Å². The lowest BCUT2D eigenvalue weighted by Crippen LogP contribution is -2.34. The van der Waals surface area contributed by atoms with Crippen LogP contribution in [-0.4, -0.2) is 5.54 Å². The minimum Gasteiger partial charge on any atom is -0.325 e. The number of hydrogen-bond donors (Lipinski definition) is 1. The van der Waals surface area contributed by atoms with E-state index in [0.717, 1.165) is 5.56 Å². The van der Waals surface area contributed by atoms with Gasteiger partial charge in [-0.3, -0.25) is 0 Å². The molecule has 3 heteroatoms. The molecule has 0 bridgehead atoms. The monoisotopic (exact) mass is 215 g/mol. The summed E-state index contributed by atoms with van der Waals surface area (Å²) < 4.78 is 13.2. The largest absolute Gasteiger partial charge is 0.325 e. The Morgan fingerprint density at radius 3 is 2.43 bits per heavy atom. The van der Waals surface area contributed by atoms with Gasteiger partial charge in [-0.25, -0.2) is 4.39 Å². The van der Waals surface area contributed by atoms with Gasteiger partial charge in [0.1, 0.15) is 5.82 Å². The molecule has 0 heterocycles. The lowest BCUT2D eigenvalue weighted by Gasteiger charge is -2.18. The zero-order valence-electron chi connectivity index (χ0n) is 8.70. The summed E-state index contributed by atoms with van der Waals surface area (Å²) in [6, 6.07) is 3.42. The number of benzene rings is 1. The molecule has 0 amide bonds. The fourth-order valence-electron chi connectivity index (χ4n) is 1.43. The van der Waals surface area contributed by atoms with E-state index in [1.54, 1.807) is 19.1 Å². The molecule has 1 rings (SSSR count). The first-order chi connectivity index (χ1) is 6.29. The summed E-state index contributed by atoms with van der Waals surface area (Å²) in [6.07, 6.45) is 0.688. The summed E-state index contributed by atoms with van der Waals surface area (Å²) >= 11 is 5.73. The van der Waals surface area contributed by atoms with E-state index in [9.17, 15) is 4.39 Å². The summed E-state index contributed by atoms with van der Waals surface area (Å²) in [6.45, 7) is 5.56. The molecule has 14 heavy (non-hydrogen) atoms. The van der Waals surface area contributed by atoms with Gasteiger partial charge in [-0.1, -0.05) is 17.7 Å². The van der Waals surface area contributed by atoms with Crippen LogP contribution >= 0.6 is 11.6 Å². The van der Waals surface area contributed by atoms with Gasteiger partial charge in [-0.2, -0.15) is 0 Å². The maximum absolute atomic E-state index is 13.2. The summed E-state index contributed by atoms with van der Waals surface area (Å²) in [5, 5.41) is 0.171. The van der Waals surface area contributed by atoms with E-state index >= 15 is 0 Å². The van der Waals surface area contributed by atoms with Crippen molar-refractivity contribution in [3.05, 3.63) is 34.1 Å². The third-order valence-corrected chi connectivity index (χ3v) is 2.20. The SMILES string of the molecule is Cc1cc(CC(C)(C)N)cc(Cl)c1F. The third-order valence-electron chi connectivity index (χ3n) is 1.93. The number of hydrogen-bond acceptors (Lipinski definition) is 1. The highest BCUT2D eigenvalue weighted by molar-refractivity contribution is 6.30. The smallest absolute Gasteiger partial charge is 0.144 e. The molecule has 0 saturated heterocycles. The van der Waals surface area contributed by atoms with E-state index in [1.807, 2.05) is 13.8 Å². The minimum absolute atomic E-state index is 0.171. The predicted octanol–water partition coefficient (Wildman–Crippen LogP) is 3.07. The van der Waals surface area contributed by atoms with Gasteiger partial charge >= 0.3 is 0 Å². The van der Waals surface area contributed by atoms with E-state index in [0.29, 0.717) is 12.0 Å². The first kappa shape index (κ1) is 11.5. The van der Waals surface area contributed by atoms with Gasteiger partial charge in [0, 0.05) is 5.54 Å². The standard InChI is InChI=1S/C11H15ClFN/c1-7-4-8(6-11(2,3)14)5-9(12)10(7)13/h4-5H,6,14H2,1-3H3. The minimum atomic E-state index is -0.342. The van der Waals surface area contributed by atoms with Crippen molar-refractivity contribution in [3.63, 3.8) is 0 Å². The second-order valence-corrected chi connectivity index (χ2v) is 4.78. The van der Waals surface area contributed by atoms with E-state index < -0.39 is 0 Å². The van der Waals surface area contributed by atoms with Gasteiger partial charge in [-0.15, -0.1) is 0 Å². The molecule has 0 fully saturated rings. The second-order valence-electron chi connectivity index (χ2n) is 4.37. The highest BCUT2D eigenvalue weighted by atomic mass is 35.5. The van der Waals surface area contributed by atoms with Gasteiger partial charge in [0.25, 0.3) is 0 Å². The lowest BCUT2D eigenvalue weighted by atomic mass is 9.95. The van der Waals surface area contributed by atoms with E-state index in [2.05, 4.69) is 0 Å². The van der Waals surface area contributed by atoms with Crippen LogP contribution in [0.2, 0.25) is 5.02 Å². The molecular formula is C11H15ClFN. The highest BCUT2D eigenvalue weighted by Gasteiger charge is 2.14. The van der Waals surface area contributed by atoms with Gasteiger partial charge < -0.3 is 5.73 Å². The Bertz CT molecular complexity index is 319. The predicted molar refractivity (Wildman–Crippen MR) is 58.1 cm³/mol. The molecule has 2 N–H and O–H groups in total. The van der Waals surface area contributed by atoms with Crippen LogP contribution in [0.4, 0.5) is 4.39 Å². The van der Waals surface area contributed by atoms with Crippen molar-refractivity contribution in [1.29, 1.82) is 0 Å². The average Bonchev–Trinajstić information content (AvgIpc) is 1.96. The van der Waals surface area contributed by atoms with Crippen molar-refractivity contribution in [1.82, 2.24) is 0 Å². The van der Waals surface area contributed by atoms with Crippen LogP contribution in [0.15, 0.2) is 12.1 Å². The summed E-state index contributed by atoms with van der Waals surface area (Å²) in [4.78, 5) is 0. The van der Waals surface area contributed by atoms with Gasteiger partial charge in [0.2, 0.25) is 0 Å². The molecule has 0 saturated carbocycles. The zero-order valence-corrected chi connectivity index (χ0v) is 9.45. The molecule has 0 aliphatic rings. The number of halogens is 2. The fraction of sp³-hybridized carbons (Fsp3) is 0.455. The maximum atomic E-state index is 13.2. The topological polar surface area (TPSA) is 26.0 Å². The molecule has 1 aromatic carbocycles. The maximum Gasteiger partial charge on any atom is 0.144 e. The first-order valence-electron chi connectivity index (χ1n) is 4.53. The van der Waals surface area contributed by atoms with Crippen LogP contribution in [0.1, 0.15) is 25.0 Å². The quantitative estimate of drug-likeness (QED) is 0.806. The highest BCUT2D eigenvalue weighted by Crippen LogP contribution is 2.22. The molecular weight excluding hydrogens is 201 g/mol. The molecule has 1 aromatic rings. The molecule has 78 valence electrons. The van der Waals surface area contributed by atoms with E-state index in [1.165, 1.54) is 0 Å². The Morgan fingerprint density at radius 2 is 2.00 bits per heavy atom. The second kappa shape index (κ2) is 3.87. The van der Waals surface area contributed by atoms with Gasteiger partial charge in [0.05, 0.1) is 5.02 Å². The van der Waals surface area contributed by atoms with Crippen molar-refractivity contribution in [2.45, 2.75) is 32.7 Å². The molecule has 0 atom stereocenters. The Labute approximate surface area is 89.1 Å². The third kappa shape index (κ3) is 2.96. The van der Waals surface area contributed by atoms with Crippen LogP contribution < -0.4 is 5.73 Å². The Balaban J connectivity index is 3.02. The summed E-state index contributed by atoms with van der Waals surface area (Å²) in [5.41, 5.74) is 7.11. The van der Waals surface area contributed by atoms with E-state index in [4.69, 9.17) is 17.3 Å². The first-order valence-corrected chi connectivity index (χ1v) is 4.91. The molecule has 0 aromatic heterocycles. The van der Waals surface area contributed by atoms with Crippen molar-refractivity contribution in [2.75, 3.05) is 0 Å². The Hall–Kier alpha value is -0.600. The number of aryl methyl sites for hydroxylation is 1. The normalized spacial score (nSPS) is 11.9. The van der Waals surface area contributed by atoms with Crippen LogP contribution in [0.3, 0.4) is 0 Å². The van der Waals surface area contributed by atoms with E-state index in [-0.39, 0.29) is 16.4 Å². The lowest BCUT2D eigenvalue weighted by molar-refractivity contribution is 0.515. The fourth-order valence-corrected chi connectivity index (χ4v) is 1.71.